The number of pyridine rings is 1. The lowest BCUT2D eigenvalue weighted by Crippen LogP contribution is -2.15. The monoisotopic (exact) mass is 248 g/mol. The minimum Gasteiger partial charge on any atom is -0.493 e. The molecule has 0 amide bonds. The molecule has 1 aromatic rings. The second-order valence-corrected chi connectivity index (χ2v) is 5.12. The molecule has 0 atom stereocenters. The Morgan fingerprint density at radius 2 is 2.22 bits per heavy atom. The van der Waals surface area contributed by atoms with Gasteiger partial charge in [-0.1, -0.05) is 19.8 Å². The lowest BCUT2D eigenvalue weighted by molar-refractivity contribution is 0.251. The SMILES string of the molecule is CCCNCc1cc(OCC2CCCC2)ccn1. The summed E-state index contributed by atoms with van der Waals surface area (Å²) in [7, 11) is 0. The predicted molar refractivity (Wildman–Crippen MR) is 73.7 cm³/mol. The molecule has 0 spiro atoms. The highest BCUT2D eigenvalue weighted by molar-refractivity contribution is 5.22. The molecule has 0 aromatic carbocycles. The molecular weight excluding hydrogens is 224 g/mol. The summed E-state index contributed by atoms with van der Waals surface area (Å²) in [6, 6.07) is 4.01. The quantitative estimate of drug-likeness (QED) is 0.753. The Bertz CT molecular complexity index is 348. The highest BCUT2D eigenvalue weighted by atomic mass is 16.5. The summed E-state index contributed by atoms with van der Waals surface area (Å²) in [5.74, 6) is 1.73. The summed E-state index contributed by atoms with van der Waals surface area (Å²) in [5, 5.41) is 3.36. The van der Waals surface area contributed by atoms with Gasteiger partial charge in [-0.25, -0.2) is 0 Å². The Hall–Kier alpha value is -1.09. The molecule has 0 saturated heterocycles. The fraction of sp³-hybridized carbons (Fsp3) is 0.667. The van der Waals surface area contributed by atoms with E-state index < -0.39 is 0 Å². The zero-order chi connectivity index (χ0) is 12.6. The zero-order valence-electron chi connectivity index (χ0n) is 11.3. The topological polar surface area (TPSA) is 34.1 Å². The van der Waals surface area contributed by atoms with Crippen molar-refractivity contribution < 1.29 is 4.74 Å². The lowest BCUT2D eigenvalue weighted by Gasteiger charge is -2.12. The van der Waals surface area contributed by atoms with Crippen molar-refractivity contribution in [3.05, 3.63) is 24.0 Å². The van der Waals surface area contributed by atoms with Crippen LogP contribution < -0.4 is 10.1 Å². The Morgan fingerprint density at radius 1 is 1.39 bits per heavy atom. The zero-order valence-corrected chi connectivity index (χ0v) is 11.3. The number of ether oxygens (including phenoxy) is 1. The highest BCUT2D eigenvalue weighted by Gasteiger charge is 2.15. The fourth-order valence-electron chi connectivity index (χ4n) is 2.43. The van der Waals surface area contributed by atoms with Gasteiger partial charge in [0.15, 0.2) is 0 Å². The molecule has 1 heterocycles. The van der Waals surface area contributed by atoms with E-state index in [2.05, 4.69) is 23.3 Å². The maximum absolute atomic E-state index is 5.87. The second kappa shape index (κ2) is 7.37. The van der Waals surface area contributed by atoms with Crippen LogP contribution in [0.5, 0.6) is 5.75 Å². The van der Waals surface area contributed by atoms with Crippen LogP contribution in [-0.2, 0) is 6.54 Å². The van der Waals surface area contributed by atoms with Crippen molar-refractivity contribution in [3.63, 3.8) is 0 Å². The molecular formula is C15H24N2O. The van der Waals surface area contributed by atoms with E-state index in [9.17, 15) is 0 Å². The van der Waals surface area contributed by atoms with Crippen molar-refractivity contribution >= 4 is 0 Å². The van der Waals surface area contributed by atoms with Crippen molar-refractivity contribution in [2.24, 2.45) is 5.92 Å². The first-order valence-electron chi connectivity index (χ1n) is 7.17. The molecule has 18 heavy (non-hydrogen) atoms. The third-order valence-electron chi connectivity index (χ3n) is 3.48. The number of hydrogen-bond acceptors (Lipinski definition) is 3. The Balaban J connectivity index is 1.78. The molecule has 1 saturated carbocycles. The van der Waals surface area contributed by atoms with E-state index in [0.29, 0.717) is 0 Å². The van der Waals surface area contributed by atoms with Crippen LogP contribution in [0.25, 0.3) is 0 Å². The number of rotatable bonds is 7. The predicted octanol–water partition coefficient (Wildman–Crippen LogP) is 3.15. The Kier molecular flexibility index (Phi) is 5.46. The van der Waals surface area contributed by atoms with Gasteiger partial charge < -0.3 is 10.1 Å². The molecule has 0 radical (unpaired) electrons. The van der Waals surface area contributed by atoms with Gasteiger partial charge in [-0.2, -0.15) is 0 Å². The van der Waals surface area contributed by atoms with Crippen LogP contribution in [0.1, 0.15) is 44.7 Å². The Labute approximate surface area is 110 Å². The van der Waals surface area contributed by atoms with Crippen molar-refractivity contribution in [3.8, 4) is 5.75 Å². The maximum atomic E-state index is 5.87. The number of nitrogens with zero attached hydrogens (tertiary/aromatic N) is 1. The molecule has 2 rings (SSSR count). The van der Waals surface area contributed by atoms with Gasteiger partial charge in [-0.15, -0.1) is 0 Å². The van der Waals surface area contributed by atoms with E-state index in [1.807, 2.05) is 12.3 Å². The molecule has 1 N–H and O–H groups in total. The summed E-state index contributed by atoms with van der Waals surface area (Å²) < 4.78 is 5.87. The summed E-state index contributed by atoms with van der Waals surface area (Å²) in [4.78, 5) is 4.35. The second-order valence-electron chi connectivity index (χ2n) is 5.12. The average molecular weight is 248 g/mol. The molecule has 1 fully saturated rings. The standard InChI is InChI=1S/C15H24N2O/c1-2-8-16-11-14-10-15(7-9-17-14)18-12-13-5-3-4-6-13/h7,9-10,13,16H,2-6,8,11-12H2,1H3. The van der Waals surface area contributed by atoms with Gasteiger partial charge in [-0.05, 0) is 37.8 Å². The Morgan fingerprint density at radius 3 is 3.00 bits per heavy atom. The molecule has 1 aromatic heterocycles. The van der Waals surface area contributed by atoms with Crippen LogP contribution in [0.2, 0.25) is 0 Å². The van der Waals surface area contributed by atoms with Crippen LogP contribution in [0, 0.1) is 5.92 Å². The van der Waals surface area contributed by atoms with E-state index in [4.69, 9.17) is 4.74 Å². The van der Waals surface area contributed by atoms with E-state index in [1.54, 1.807) is 0 Å². The molecule has 0 aliphatic heterocycles. The van der Waals surface area contributed by atoms with E-state index in [-0.39, 0.29) is 0 Å². The molecule has 3 nitrogen and oxygen atoms in total. The van der Waals surface area contributed by atoms with E-state index >= 15 is 0 Å². The first-order valence-corrected chi connectivity index (χ1v) is 7.17. The average Bonchev–Trinajstić information content (AvgIpc) is 2.90. The van der Waals surface area contributed by atoms with Crippen LogP contribution >= 0.6 is 0 Å². The largest absolute Gasteiger partial charge is 0.493 e. The van der Waals surface area contributed by atoms with Crippen molar-refractivity contribution in [1.29, 1.82) is 0 Å². The normalized spacial score (nSPS) is 16.1. The lowest BCUT2D eigenvalue weighted by atomic mass is 10.1. The number of hydrogen-bond donors (Lipinski definition) is 1. The van der Waals surface area contributed by atoms with E-state index in [0.717, 1.165) is 43.5 Å². The van der Waals surface area contributed by atoms with Crippen LogP contribution in [0.15, 0.2) is 18.3 Å². The molecule has 1 aliphatic rings. The van der Waals surface area contributed by atoms with Gasteiger partial charge in [-0.3, -0.25) is 4.98 Å². The van der Waals surface area contributed by atoms with Crippen molar-refractivity contribution in [1.82, 2.24) is 10.3 Å². The first kappa shape index (κ1) is 13.3. The third-order valence-corrected chi connectivity index (χ3v) is 3.48. The third kappa shape index (κ3) is 4.30. The summed E-state index contributed by atoms with van der Waals surface area (Å²) in [6.07, 6.45) is 8.39. The number of aromatic nitrogens is 1. The van der Waals surface area contributed by atoms with Crippen LogP contribution in [0.4, 0.5) is 0 Å². The smallest absolute Gasteiger partial charge is 0.122 e. The molecule has 3 heteroatoms. The van der Waals surface area contributed by atoms with Gasteiger partial charge in [0.05, 0.1) is 12.3 Å². The number of nitrogens with one attached hydrogen (secondary N) is 1. The van der Waals surface area contributed by atoms with Gasteiger partial charge >= 0.3 is 0 Å². The first-order chi connectivity index (χ1) is 8.88. The minimum atomic E-state index is 0.764. The molecule has 0 unspecified atom stereocenters. The molecule has 0 bridgehead atoms. The summed E-state index contributed by atoms with van der Waals surface area (Å²) in [5.41, 5.74) is 1.06. The summed E-state index contributed by atoms with van der Waals surface area (Å²) >= 11 is 0. The van der Waals surface area contributed by atoms with E-state index in [1.165, 1.54) is 25.7 Å². The van der Waals surface area contributed by atoms with Crippen LogP contribution in [-0.4, -0.2) is 18.1 Å². The van der Waals surface area contributed by atoms with Gasteiger partial charge in [0.1, 0.15) is 5.75 Å². The van der Waals surface area contributed by atoms with Crippen molar-refractivity contribution in [2.45, 2.75) is 45.6 Å². The van der Waals surface area contributed by atoms with Gasteiger partial charge in [0, 0.05) is 18.8 Å². The summed E-state index contributed by atoms with van der Waals surface area (Å²) in [6.45, 7) is 4.90. The maximum Gasteiger partial charge on any atom is 0.122 e. The van der Waals surface area contributed by atoms with Crippen molar-refractivity contribution in [2.75, 3.05) is 13.2 Å². The van der Waals surface area contributed by atoms with Gasteiger partial charge in [0.2, 0.25) is 0 Å². The highest BCUT2D eigenvalue weighted by Crippen LogP contribution is 2.25. The minimum absolute atomic E-state index is 0.764. The molecule has 100 valence electrons. The van der Waals surface area contributed by atoms with Crippen LogP contribution in [0.3, 0.4) is 0 Å². The van der Waals surface area contributed by atoms with Gasteiger partial charge in [0.25, 0.3) is 0 Å². The fourth-order valence-corrected chi connectivity index (χ4v) is 2.43. The molecule has 1 aliphatic carbocycles.